The molecule has 282 valence electrons. The first-order valence-corrected chi connectivity index (χ1v) is 17.8. The number of esters is 3. The van der Waals surface area contributed by atoms with Crippen LogP contribution in [0.4, 0.5) is 4.39 Å². The van der Waals surface area contributed by atoms with Crippen LogP contribution in [0, 0.1) is 38.7 Å². The van der Waals surface area contributed by atoms with Crippen molar-refractivity contribution < 1.29 is 57.6 Å². The molecule has 0 heterocycles. The van der Waals surface area contributed by atoms with Gasteiger partial charge in [0.1, 0.15) is 12.4 Å². The van der Waals surface area contributed by atoms with E-state index in [2.05, 4.69) is 4.84 Å². The molecule has 0 aliphatic heterocycles. The lowest BCUT2D eigenvalue weighted by atomic mass is 9.44. The zero-order chi connectivity index (χ0) is 38.1. The molecule has 0 radical (unpaired) electrons. The number of unbranched alkanes of at least 4 members (excludes halogenated alkanes) is 1. The van der Waals surface area contributed by atoms with Crippen molar-refractivity contribution >= 4 is 29.5 Å². The van der Waals surface area contributed by atoms with E-state index < -0.39 is 94.2 Å². The summed E-state index contributed by atoms with van der Waals surface area (Å²) in [5.41, 5.74) is -5.48. The number of benzene rings is 1. The molecule has 5 rings (SSSR count). The van der Waals surface area contributed by atoms with Gasteiger partial charge >= 0.3 is 17.9 Å². The Morgan fingerprint density at radius 2 is 1.81 bits per heavy atom. The lowest BCUT2D eigenvalue weighted by Crippen LogP contribution is -2.70. The molecular formula is C38H46FNO12. The number of rotatable bonds is 14. The number of nitrogens with zero attached hydrogens (tertiary/aromatic N) is 1. The van der Waals surface area contributed by atoms with Crippen LogP contribution in [0.3, 0.4) is 0 Å². The minimum Gasteiger partial charge on any atom is -0.457 e. The number of fused-ring (bicyclic) bond motifs is 5. The lowest BCUT2D eigenvalue weighted by molar-refractivity contribution is -0.763. The average molecular weight is 728 g/mol. The first kappa shape index (κ1) is 38.8. The molecule has 4 aliphatic carbocycles. The molecule has 0 bridgehead atoms. The summed E-state index contributed by atoms with van der Waals surface area (Å²) in [5.74, 6) is -4.99. The zero-order valence-corrected chi connectivity index (χ0v) is 29.9. The molecule has 3 fully saturated rings. The number of halogens is 1. The molecule has 14 heteroatoms. The summed E-state index contributed by atoms with van der Waals surface area (Å²) in [7, 11) is 0. The summed E-state index contributed by atoms with van der Waals surface area (Å²) in [4.78, 5) is 80.0. The lowest BCUT2D eigenvalue weighted by Gasteiger charge is -2.62. The van der Waals surface area contributed by atoms with Gasteiger partial charge in [-0.2, -0.15) is 0 Å². The average Bonchev–Trinajstić information content (AvgIpc) is 3.31. The normalized spacial score (nSPS) is 33.1. The van der Waals surface area contributed by atoms with E-state index in [1.807, 2.05) is 6.92 Å². The van der Waals surface area contributed by atoms with Gasteiger partial charge in [-0.1, -0.05) is 51.0 Å². The number of aliphatic hydroxyl groups excluding tert-OH is 1. The molecule has 1 aromatic carbocycles. The minimum atomic E-state index is -2.16. The highest BCUT2D eigenvalue weighted by Gasteiger charge is 2.77. The van der Waals surface area contributed by atoms with Gasteiger partial charge in [-0.3, -0.25) is 24.0 Å². The van der Waals surface area contributed by atoms with Crippen LogP contribution in [0.1, 0.15) is 91.0 Å². The number of alkyl halides is 1. The van der Waals surface area contributed by atoms with Gasteiger partial charge in [0.05, 0.1) is 18.9 Å². The molecule has 0 saturated heterocycles. The third-order valence-electron chi connectivity index (χ3n) is 12.0. The Hall–Kier alpha value is -4.46. The van der Waals surface area contributed by atoms with E-state index in [9.17, 15) is 39.2 Å². The molecular weight excluding hydrogens is 681 g/mol. The first-order chi connectivity index (χ1) is 24.5. The Kier molecular flexibility index (Phi) is 11.1. The highest BCUT2D eigenvalue weighted by molar-refractivity contribution is 6.01. The second kappa shape index (κ2) is 14.9. The van der Waals surface area contributed by atoms with Crippen molar-refractivity contribution in [1.82, 2.24) is 0 Å². The molecule has 1 N–H and O–H groups in total. The Morgan fingerprint density at radius 3 is 2.52 bits per heavy atom. The maximum absolute atomic E-state index is 17.7. The van der Waals surface area contributed by atoms with E-state index in [1.165, 1.54) is 30.4 Å². The van der Waals surface area contributed by atoms with E-state index in [0.717, 1.165) is 0 Å². The van der Waals surface area contributed by atoms with Crippen LogP contribution in [0.15, 0.2) is 48.1 Å². The van der Waals surface area contributed by atoms with Gasteiger partial charge in [-0.15, -0.1) is 10.1 Å². The van der Waals surface area contributed by atoms with Gasteiger partial charge in [-0.05, 0) is 74.8 Å². The van der Waals surface area contributed by atoms with E-state index in [1.54, 1.807) is 32.9 Å². The van der Waals surface area contributed by atoms with Crippen molar-refractivity contribution in [2.24, 2.45) is 28.6 Å². The van der Waals surface area contributed by atoms with Gasteiger partial charge in [0.15, 0.2) is 23.7 Å². The molecule has 52 heavy (non-hydrogen) atoms. The number of hydrogen-bond donors (Lipinski definition) is 1. The van der Waals surface area contributed by atoms with Crippen LogP contribution >= 0.6 is 0 Å². The fraction of sp³-hybridized carbons (Fsp3) is 0.605. The maximum Gasteiger partial charge on any atom is 0.311 e. The SMILES string of the molecule is CCCCC(=O)O[C@]1(C(=O)COC(=O)CCC(=O)Oc2cccc(CO[N+](=O)[O-])c2)[C@@H](C)CC2C3CCC4=CC(=O)C=C[C@]4(C)[C@@]3(F)[C@@H](O)C[C@@]21C. The molecule has 0 aromatic heterocycles. The number of ether oxygens (including phenoxy) is 3. The van der Waals surface area contributed by atoms with Crippen molar-refractivity contribution in [2.75, 3.05) is 6.61 Å². The summed E-state index contributed by atoms with van der Waals surface area (Å²) in [6.07, 6.45) is 3.99. The number of carbonyl (C=O) groups excluding carboxylic acids is 5. The summed E-state index contributed by atoms with van der Waals surface area (Å²) < 4.78 is 34.5. The number of allylic oxidation sites excluding steroid dienone is 4. The van der Waals surface area contributed by atoms with Gasteiger partial charge in [0, 0.05) is 29.1 Å². The van der Waals surface area contributed by atoms with E-state index >= 15 is 4.39 Å². The number of aliphatic hydroxyl groups is 1. The molecule has 0 amide bonds. The fourth-order valence-corrected chi connectivity index (χ4v) is 9.49. The van der Waals surface area contributed by atoms with Crippen LogP contribution < -0.4 is 4.74 Å². The largest absolute Gasteiger partial charge is 0.457 e. The Morgan fingerprint density at radius 1 is 1.08 bits per heavy atom. The highest BCUT2D eigenvalue weighted by Crippen LogP contribution is 2.71. The van der Waals surface area contributed by atoms with Gasteiger partial charge in [0.2, 0.25) is 5.78 Å². The Balaban J connectivity index is 1.32. The topological polar surface area (TPSA) is 186 Å². The van der Waals surface area contributed by atoms with Crippen LogP contribution in [-0.2, 0) is 44.9 Å². The number of carbonyl (C=O) groups is 5. The van der Waals surface area contributed by atoms with Crippen LogP contribution in [-0.4, -0.2) is 63.6 Å². The van der Waals surface area contributed by atoms with Crippen molar-refractivity contribution in [3.63, 3.8) is 0 Å². The molecule has 3 saturated carbocycles. The molecule has 13 nitrogen and oxygen atoms in total. The van der Waals surface area contributed by atoms with Crippen LogP contribution in [0.25, 0.3) is 0 Å². The van der Waals surface area contributed by atoms with Crippen LogP contribution in [0.2, 0.25) is 0 Å². The Labute approximate surface area is 301 Å². The summed E-state index contributed by atoms with van der Waals surface area (Å²) in [6, 6.07) is 5.88. The van der Waals surface area contributed by atoms with Gasteiger partial charge in [-0.25, -0.2) is 4.39 Å². The van der Waals surface area contributed by atoms with E-state index in [-0.39, 0.29) is 31.0 Å². The third-order valence-corrected chi connectivity index (χ3v) is 12.0. The molecule has 2 unspecified atom stereocenters. The maximum atomic E-state index is 17.7. The summed E-state index contributed by atoms with van der Waals surface area (Å²) in [5, 5.41) is 21.3. The van der Waals surface area contributed by atoms with Gasteiger partial charge < -0.3 is 24.2 Å². The predicted molar refractivity (Wildman–Crippen MR) is 180 cm³/mol. The molecule has 1 aromatic rings. The fourth-order valence-electron chi connectivity index (χ4n) is 9.49. The number of ketones is 2. The minimum absolute atomic E-state index is 0.0383. The van der Waals surface area contributed by atoms with Crippen molar-refractivity contribution in [3.8, 4) is 5.75 Å². The van der Waals surface area contributed by atoms with E-state index in [0.29, 0.717) is 43.2 Å². The van der Waals surface area contributed by atoms with Gasteiger partial charge in [0.25, 0.3) is 5.09 Å². The second-order valence-corrected chi connectivity index (χ2v) is 14.9. The second-order valence-electron chi connectivity index (χ2n) is 14.9. The highest BCUT2D eigenvalue weighted by atomic mass is 19.1. The first-order valence-electron chi connectivity index (χ1n) is 17.8. The van der Waals surface area contributed by atoms with Crippen molar-refractivity contribution in [2.45, 2.75) is 109 Å². The van der Waals surface area contributed by atoms with Crippen molar-refractivity contribution in [1.29, 1.82) is 0 Å². The summed E-state index contributed by atoms with van der Waals surface area (Å²) in [6.45, 7) is 5.98. The molecule has 0 spiro atoms. The predicted octanol–water partition coefficient (Wildman–Crippen LogP) is 5.28. The number of Topliss-reactive ketones (excluding diaryl/α,β-unsaturated/α-hetero) is 1. The van der Waals surface area contributed by atoms with Crippen LogP contribution in [0.5, 0.6) is 5.75 Å². The summed E-state index contributed by atoms with van der Waals surface area (Å²) >= 11 is 0. The Bertz CT molecular complexity index is 1690. The third kappa shape index (κ3) is 6.77. The zero-order valence-electron chi connectivity index (χ0n) is 29.9. The van der Waals surface area contributed by atoms with E-state index in [4.69, 9.17) is 14.2 Å². The molecule has 8 atom stereocenters. The quantitative estimate of drug-likeness (QED) is 0.113. The smallest absolute Gasteiger partial charge is 0.311 e. The number of hydrogen-bond acceptors (Lipinski definition) is 12. The molecule has 4 aliphatic rings. The monoisotopic (exact) mass is 727 g/mol. The van der Waals surface area contributed by atoms with Crippen molar-refractivity contribution in [3.05, 3.63) is 63.7 Å². The standard InChI is InChI=1S/C38H46FNO12/c1-5-6-10-34(46)52-38(31(43)22-49-32(44)13-14-33(45)51-27-9-7-8-24(18-27)21-50-40(47)48)23(2)17-29-28-12-11-25-19-26(41)15-16-35(25,3)37(28,39)30(42)20-36(29,38)4/h7-9,15-16,18-19,23,28-30,42H,5-6,10-14,17,20-22H2,1-4H3/t23-,28?,29?,30-,35-,36-,37-,38-/m0/s1.